The Kier molecular flexibility index (Phi) is 5.96. The second-order valence-electron chi connectivity index (χ2n) is 6.40. The fourth-order valence-corrected chi connectivity index (χ4v) is 3.14. The maximum Gasteiger partial charge on any atom is 0.264 e. The van der Waals surface area contributed by atoms with Crippen LogP contribution >= 0.6 is 11.3 Å². The van der Waals surface area contributed by atoms with E-state index < -0.39 is 0 Å². The largest absolute Gasteiger partial charge is 0.350 e. The highest BCUT2D eigenvalue weighted by molar-refractivity contribution is 7.14. The van der Waals surface area contributed by atoms with Crippen LogP contribution in [0, 0.1) is 6.92 Å². The number of hydrogen-bond acceptors (Lipinski definition) is 3. The Bertz CT molecular complexity index is 515. The summed E-state index contributed by atoms with van der Waals surface area (Å²) in [5, 5.41) is 2.86. The Hall–Kier alpha value is -1.36. The van der Waals surface area contributed by atoms with Gasteiger partial charge in [-0.15, -0.1) is 11.3 Å². The highest BCUT2D eigenvalue weighted by Crippen LogP contribution is 2.23. The number of carbonyl (C=O) groups is 2. The molecule has 1 heterocycles. The van der Waals surface area contributed by atoms with Crippen LogP contribution in [0.4, 0.5) is 0 Å². The van der Waals surface area contributed by atoms with E-state index in [0.29, 0.717) is 4.88 Å². The monoisotopic (exact) mass is 310 g/mol. The second-order valence-corrected chi connectivity index (χ2v) is 7.66. The molecule has 1 aromatic rings. The van der Waals surface area contributed by atoms with Crippen molar-refractivity contribution >= 4 is 23.2 Å². The van der Waals surface area contributed by atoms with Crippen molar-refractivity contribution in [2.45, 2.75) is 53.0 Å². The van der Waals surface area contributed by atoms with E-state index in [1.807, 2.05) is 33.8 Å². The average Bonchev–Trinajstić information content (AvgIpc) is 2.68. The van der Waals surface area contributed by atoms with Crippen LogP contribution < -0.4 is 5.32 Å². The molecule has 0 aliphatic heterocycles. The van der Waals surface area contributed by atoms with E-state index in [4.69, 9.17) is 0 Å². The summed E-state index contributed by atoms with van der Waals surface area (Å²) in [6.45, 7) is 10.0. The van der Waals surface area contributed by atoms with Crippen LogP contribution in [-0.2, 0) is 11.2 Å². The van der Waals surface area contributed by atoms with E-state index in [0.717, 1.165) is 12.8 Å². The molecule has 5 heteroatoms. The first-order chi connectivity index (χ1) is 9.64. The lowest BCUT2D eigenvalue weighted by Crippen LogP contribution is -2.46. The third-order valence-electron chi connectivity index (χ3n) is 2.99. The van der Waals surface area contributed by atoms with E-state index in [-0.39, 0.29) is 23.9 Å². The number of rotatable bonds is 5. The van der Waals surface area contributed by atoms with Gasteiger partial charge in [-0.2, -0.15) is 0 Å². The van der Waals surface area contributed by atoms with Gasteiger partial charge in [0.25, 0.3) is 5.91 Å². The van der Waals surface area contributed by atoms with Crippen molar-refractivity contribution in [1.82, 2.24) is 10.2 Å². The maximum absolute atomic E-state index is 12.4. The number of hydrogen-bond donors (Lipinski definition) is 1. The zero-order valence-corrected chi connectivity index (χ0v) is 14.7. The molecule has 0 radical (unpaired) electrons. The molecule has 0 aliphatic rings. The molecule has 0 unspecified atom stereocenters. The molecule has 2 amide bonds. The van der Waals surface area contributed by atoms with Crippen LogP contribution in [0.5, 0.6) is 0 Å². The summed E-state index contributed by atoms with van der Waals surface area (Å²) in [6.07, 6.45) is 2.05. The Morgan fingerprint density at radius 2 is 1.95 bits per heavy atom. The normalized spacial score (nSPS) is 11.3. The molecule has 118 valence electrons. The number of nitrogens with zero attached hydrogens (tertiary/aromatic N) is 1. The van der Waals surface area contributed by atoms with Crippen molar-refractivity contribution in [2.75, 3.05) is 13.6 Å². The zero-order chi connectivity index (χ0) is 16.2. The lowest BCUT2D eigenvalue weighted by molar-refractivity contribution is -0.122. The molecule has 1 aromatic heterocycles. The SMILES string of the molecule is CCCc1cc(C(=O)N(C)CC(=O)NC(C)(C)C)sc1C. The Morgan fingerprint density at radius 3 is 2.48 bits per heavy atom. The van der Waals surface area contributed by atoms with Crippen molar-refractivity contribution in [2.24, 2.45) is 0 Å². The van der Waals surface area contributed by atoms with Crippen LogP contribution in [-0.4, -0.2) is 35.8 Å². The lowest BCUT2D eigenvalue weighted by Gasteiger charge is -2.23. The van der Waals surface area contributed by atoms with Gasteiger partial charge in [-0.05, 0) is 45.7 Å². The highest BCUT2D eigenvalue weighted by Gasteiger charge is 2.20. The van der Waals surface area contributed by atoms with Gasteiger partial charge in [-0.3, -0.25) is 9.59 Å². The molecule has 0 saturated heterocycles. The average molecular weight is 310 g/mol. The third-order valence-corrected chi connectivity index (χ3v) is 4.07. The van der Waals surface area contributed by atoms with Gasteiger partial charge in [0.1, 0.15) is 0 Å². The smallest absolute Gasteiger partial charge is 0.264 e. The number of likely N-dealkylation sites (N-methyl/N-ethyl adjacent to an activating group) is 1. The minimum Gasteiger partial charge on any atom is -0.350 e. The number of nitrogens with one attached hydrogen (secondary N) is 1. The highest BCUT2D eigenvalue weighted by atomic mass is 32.1. The van der Waals surface area contributed by atoms with E-state index in [9.17, 15) is 9.59 Å². The summed E-state index contributed by atoms with van der Waals surface area (Å²) in [5.74, 6) is -0.227. The summed E-state index contributed by atoms with van der Waals surface area (Å²) < 4.78 is 0. The molecule has 0 spiro atoms. The first kappa shape index (κ1) is 17.7. The van der Waals surface area contributed by atoms with Crippen molar-refractivity contribution < 1.29 is 9.59 Å². The van der Waals surface area contributed by atoms with Gasteiger partial charge in [0, 0.05) is 17.5 Å². The molecule has 1 N–H and O–H groups in total. The molecular weight excluding hydrogens is 284 g/mol. The van der Waals surface area contributed by atoms with Crippen molar-refractivity contribution in [3.63, 3.8) is 0 Å². The Morgan fingerprint density at radius 1 is 1.33 bits per heavy atom. The molecule has 0 aromatic carbocycles. The predicted octanol–water partition coefficient (Wildman–Crippen LogP) is 3.00. The van der Waals surface area contributed by atoms with Gasteiger partial charge in [-0.1, -0.05) is 13.3 Å². The quantitative estimate of drug-likeness (QED) is 0.909. The molecular formula is C16H26N2O2S. The van der Waals surface area contributed by atoms with Gasteiger partial charge in [0.2, 0.25) is 5.91 Å². The first-order valence-corrected chi connectivity index (χ1v) is 8.11. The van der Waals surface area contributed by atoms with E-state index >= 15 is 0 Å². The van der Waals surface area contributed by atoms with Gasteiger partial charge in [-0.25, -0.2) is 0 Å². The topological polar surface area (TPSA) is 49.4 Å². The summed E-state index contributed by atoms with van der Waals surface area (Å²) in [5.41, 5.74) is 0.952. The fourth-order valence-electron chi connectivity index (χ4n) is 2.08. The van der Waals surface area contributed by atoms with Gasteiger partial charge >= 0.3 is 0 Å². The van der Waals surface area contributed by atoms with Crippen molar-refractivity contribution in [3.05, 3.63) is 21.4 Å². The number of aryl methyl sites for hydroxylation is 2. The minimum atomic E-state index is -0.283. The molecule has 0 saturated carbocycles. The maximum atomic E-state index is 12.4. The van der Waals surface area contributed by atoms with E-state index in [1.54, 1.807) is 7.05 Å². The molecule has 21 heavy (non-hydrogen) atoms. The first-order valence-electron chi connectivity index (χ1n) is 7.30. The molecule has 0 fully saturated rings. The summed E-state index contributed by atoms with van der Waals surface area (Å²) in [6, 6.07) is 1.96. The lowest BCUT2D eigenvalue weighted by atomic mass is 10.1. The standard InChI is InChI=1S/C16H26N2O2S/c1-7-8-12-9-13(21-11(12)2)15(20)18(6)10-14(19)17-16(3,4)5/h9H,7-8,10H2,1-6H3,(H,17,19). The number of carbonyl (C=O) groups excluding carboxylic acids is 2. The summed E-state index contributed by atoms with van der Waals surface area (Å²) in [7, 11) is 1.67. The van der Waals surface area contributed by atoms with Crippen molar-refractivity contribution in [3.8, 4) is 0 Å². The minimum absolute atomic E-state index is 0.0795. The molecule has 4 nitrogen and oxygen atoms in total. The summed E-state index contributed by atoms with van der Waals surface area (Å²) >= 11 is 1.51. The molecule has 0 aliphatic carbocycles. The molecule has 0 bridgehead atoms. The molecule has 0 atom stereocenters. The number of thiophene rings is 1. The van der Waals surface area contributed by atoms with Gasteiger partial charge in [0.05, 0.1) is 11.4 Å². The van der Waals surface area contributed by atoms with Crippen LogP contribution in [0.3, 0.4) is 0 Å². The Balaban J connectivity index is 2.70. The van der Waals surface area contributed by atoms with Crippen LogP contribution in [0.2, 0.25) is 0 Å². The van der Waals surface area contributed by atoms with E-state index in [1.165, 1.54) is 26.7 Å². The molecule has 1 rings (SSSR count). The zero-order valence-electron chi connectivity index (χ0n) is 13.9. The summed E-state index contributed by atoms with van der Waals surface area (Å²) in [4.78, 5) is 27.6. The van der Waals surface area contributed by atoms with E-state index in [2.05, 4.69) is 12.2 Å². The van der Waals surface area contributed by atoms with Gasteiger partial charge < -0.3 is 10.2 Å². The second kappa shape index (κ2) is 7.07. The predicted molar refractivity (Wildman–Crippen MR) is 87.9 cm³/mol. The van der Waals surface area contributed by atoms with Crippen LogP contribution in [0.1, 0.15) is 54.2 Å². The van der Waals surface area contributed by atoms with Crippen LogP contribution in [0.15, 0.2) is 6.07 Å². The fraction of sp³-hybridized carbons (Fsp3) is 0.625. The van der Waals surface area contributed by atoms with Gasteiger partial charge in [0.15, 0.2) is 0 Å². The number of amides is 2. The van der Waals surface area contributed by atoms with Crippen LogP contribution in [0.25, 0.3) is 0 Å². The third kappa shape index (κ3) is 5.50. The Labute approximate surface area is 131 Å². The van der Waals surface area contributed by atoms with Crippen molar-refractivity contribution in [1.29, 1.82) is 0 Å².